The van der Waals surface area contributed by atoms with Crippen LogP contribution in [0.1, 0.15) is 120 Å². The van der Waals surface area contributed by atoms with E-state index in [1.807, 2.05) is 0 Å². The minimum atomic E-state index is 0.434. The molecule has 0 amide bonds. The van der Waals surface area contributed by atoms with Crippen molar-refractivity contribution in [2.45, 2.75) is 120 Å². The highest BCUT2D eigenvalue weighted by atomic mass is 14.7. The van der Waals surface area contributed by atoms with Crippen molar-refractivity contribution in [3.05, 3.63) is 12.2 Å². The maximum absolute atomic E-state index is 2.80. The number of hydrogen-bond acceptors (Lipinski definition) is 0. The van der Waals surface area contributed by atoms with Gasteiger partial charge in [0.25, 0.3) is 0 Å². The Balaban J connectivity index is 1.59. The molecule has 5 rings (SSSR count). The molecule has 0 heterocycles. The molecule has 0 spiro atoms. The lowest BCUT2D eigenvalue weighted by Crippen LogP contribution is -2.66. The molecule has 0 heteroatoms. The van der Waals surface area contributed by atoms with Crippen molar-refractivity contribution in [3.63, 3.8) is 0 Å². The maximum atomic E-state index is 2.80. The molecule has 0 radical (unpaired) electrons. The van der Waals surface area contributed by atoms with E-state index in [1.165, 1.54) is 64.2 Å². The fourth-order valence-corrected chi connectivity index (χ4v) is 10.6. The summed E-state index contributed by atoms with van der Waals surface area (Å²) in [6.07, 6.45) is 20.1. The molecule has 0 aromatic rings. The predicted octanol–water partition coefficient (Wildman–Crippen LogP) is 9.05. The van der Waals surface area contributed by atoms with Crippen LogP contribution in [-0.2, 0) is 0 Å². The van der Waals surface area contributed by atoms with E-state index in [1.54, 1.807) is 0 Å². The van der Waals surface area contributed by atoms with Gasteiger partial charge >= 0.3 is 0 Å². The zero-order chi connectivity index (χ0) is 21.8. The summed E-state index contributed by atoms with van der Waals surface area (Å²) >= 11 is 0. The Hall–Kier alpha value is -0.260. The average Bonchev–Trinajstić information content (AvgIpc) is 2.67. The fraction of sp³-hybridized carbons (Fsp3) is 0.933. The highest BCUT2D eigenvalue weighted by Crippen LogP contribution is 2.77. The van der Waals surface area contributed by atoms with Gasteiger partial charge in [-0.25, -0.2) is 0 Å². The number of rotatable bonds is 0. The molecule has 0 unspecified atom stereocenters. The number of fused-ring (bicyclic) bond motifs is 7. The minimum absolute atomic E-state index is 0.434. The second-order valence-corrected chi connectivity index (χ2v) is 15.0. The van der Waals surface area contributed by atoms with Crippen molar-refractivity contribution in [3.8, 4) is 0 Å². The Morgan fingerprint density at radius 3 is 2.10 bits per heavy atom. The topological polar surface area (TPSA) is 0 Å². The lowest BCUT2D eigenvalue weighted by molar-refractivity contribution is -0.230. The normalized spacial score (nSPS) is 59.5. The van der Waals surface area contributed by atoms with Gasteiger partial charge in [-0.05, 0) is 114 Å². The van der Waals surface area contributed by atoms with E-state index in [9.17, 15) is 0 Å². The highest BCUT2D eigenvalue weighted by Gasteiger charge is 2.69. The van der Waals surface area contributed by atoms with Gasteiger partial charge in [0.1, 0.15) is 0 Å². The first-order valence-corrected chi connectivity index (χ1v) is 13.5. The molecule has 4 saturated carbocycles. The second kappa shape index (κ2) is 6.20. The third-order valence-corrected chi connectivity index (χ3v) is 13.2. The second-order valence-electron chi connectivity index (χ2n) is 15.0. The third kappa shape index (κ3) is 2.52. The van der Waals surface area contributed by atoms with Gasteiger partial charge in [-0.1, -0.05) is 74.0 Å². The third-order valence-electron chi connectivity index (χ3n) is 13.2. The van der Waals surface area contributed by atoms with Crippen LogP contribution in [0.2, 0.25) is 0 Å². The molecule has 0 bridgehead atoms. The van der Waals surface area contributed by atoms with E-state index < -0.39 is 0 Å². The Morgan fingerprint density at radius 2 is 1.37 bits per heavy atom. The van der Waals surface area contributed by atoms with Crippen LogP contribution in [0.3, 0.4) is 0 Å². The molecule has 0 aromatic carbocycles. The molecule has 5 aliphatic carbocycles. The molecule has 5 aliphatic rings. The molecular weight excluding hydrogens is 360 g/mol. The summed E-state index contributed by atoms with van der Waals surface area (Å²) in [6, 6.07) is 0. The summed E-state index contributed by atoms with van der Waals surface area (Å²) in [4.78, 5) is 0. The summed E-state index contributed by atoms with van der Waals surface area (Å²) in [7, 11) is 0. The van der Waals surface area contributed by atoms with Gasteiger partial charge in [-0.15, -0.1) is 0 Å². The van der Waals surface area contributed by atoms with Gasteiger partial charge in [-0.2, -0.15) is 0 Å². The molecule has 0 nitrogen and oxygen atoms in total. The molecule has 0 N–H and O–H groups in total. The minimum Gasteiger partial charge on any atom is -0.0837 e. The Labute approximate surface area is 188 Å². The fourth-order valence-electron chi connectivity index (χ4n) is 10.6. The Kier molecular flexibility index (Phi) is 4.46. The summed E-state index contributed by atoms with van der Waals surface area (Å²) in [6.45, 7) is 21.2. The monoisotopic (exact) mass is 410 g/mol. The standard InChI is InChI=1S/C30H50/c1-21-10-9-11-22-27(21,5)13-12-23-28(22,6)17-19-30(8)24-20-25(2,3)14-15-26(24,4)16-18-29(23,30)7/h12-13,21-24H,9-11,14-20H2,1-8H3/t21-,22+,23-,24+,26+,27+,28-,29+,30-/m0/s1. The largest absolute Gasteiger partial charge is 0.0837 e. The molecule has 4 fully saturated rings. The van der Waals surface area contributed by atoms with E-state index in [0.29, 0.717) is 32.5 Å². The lowest BCUT2D eigenvalue weighted by Gasteiger charge is -2.73. The van der Waals surface area contributed by atoms with Gasteiger partial charge < -0.3 is 0 Å². The predicted molar refractivity (Wildman–Crippen MR) is 129 cm³/mol. The summed E-state index contributed by atoms with van der Waals surface area (Å²) in [5, 5.41) is 0. The molecule has 0 aliphatic heterocycles. The maximum Gasteiger partial charge on any atom is -0.00872 e. The molecule has 9 atom stereocenters. The van der Waals surface area contributed by atoms with E-state index >= 15 is 0 Å². The smallest absolute Gasteiger partial charge is 0.00872 e. The van der Waals surface area contributed by atoms with Crippen molar-refractivity contribution in [1.29, 1.82) is 0 Å². The molecular formula is C30H50. The van der Waals surface area contributed by atoms with Gasteiger partial charge in [0.15, 0.2) is 0 Å². The van der Waals surface area contributed by atoms with Crippen LogP contribution in [0.15, 0.2) is 12.2 Å². The van der Waals surface area contributed by atoms with Gasteiger partial charge in [0.05, 0.1) is 0 Å². The number of hydrogen-bond donors (Lipinski definition) is 0. The molecule has 0 saturated heterocycles. The Bertz CT molecular complexity index is 745. The first-order chi connectivity index (χ1) is 13.8. The summed E-state index contributed by atoms with van der Waals surface area (Å²) in [5.74, 6) is 3.42. The van der Waals surface area contributed by atoms with Crippen molar-refractivity contribution in [2.75, 3.05) is 0 Å². The van der Waals surface area contributed by atoms with Crippen LogP contribution >= 0.6 is 0 Å². The van der Waals surface area contributed by atoms with Gasteiger partial charge in [0, 0.05) is 0 Å². The average molecular weight is 411 g/mol. The van der Waals surface area contributed by atoms with Crippen LogP contribution < -0.4 is 0 Å². The quantitative estimate of drug-likeness (QED) is 0.349. The SMILES string of the molecule is C[C@H]1CCC[C@@H]2[C@]1(C)C=C[C@H]1[C@@]2(C)CC[C@@]2(C)[C@@H]3CC(C)(C)CC[C@]3(C)CC[C@]12C. The van der Waals surface area contributed by atoms with Crippen molar-refractivity contribution in [1.82, 2.24) is 0 Å². The lowest BCUT2D eigenvalue weighted by atomic mass is 9.31. The first-order valence-electron chi connectivity index (χ1n) is 13.5. The molecule has 0 aromatic heterocycles. The van der Waals surface area contributed by atoms with E-state index in [4.69, 9.17) is 0 Å². The van der Waals surface area contributed by atoms with E-state index in [2.05, 4.69) is 67.5 Å². The molecule has 170 valence electrons. The van der Waals surface area contributed by atoms with Crippen LogP contribution in [0, 0.1) is 56.2 Å². The van der Waals surface area contributed by atoms with Crippen LogP contribution in [0.5, 0.6) is 0 Å². The Morgan fingerprint density at radius 1 is 0.700 bits per heavy atom. The van der Waals surface area contributed by atoms with Crippen molar-refractivity contribution in [2.24, 2.45) is 56.2 Å². The van der Waals surface area contributed by atoms with Crippen LogP contribution in [0.25, 0.3) is 0 Å². The summed E-state index contributed by atoms with van der Waals surface area (Å²) in [5.41, 5.74) is 3.03. The zero-order valence-electron chi connectivity index (χ0n) is 21.5. The van der Waals surface area contributed by atoms with Crippen LogP contribution in [-0.4, -0.2) is 0 Å². The zero-order valence-corrected chi connectivity index (χ0v) is 21.5. The van der Waals surface area contributed by atoms with E-state index in [-0.39, 0.29) is 0 Å². The van der Waals surface area contributed by atoms with Crippen molar-refractivity contribution >= 4 is 0 Å². The van der Waals surface area contributed by atoms with Gasteiger partial charge in [0.2, 0.25) is 0 Å². The van der Waals surface area contributed by atoms with Gasteiger partial charge in [-0.3, -0.25) is 0 Å². The highest BCUT2D eigenvalue weighted by molar-refractivity contribution is 5.26. The van der Waals surface area contributed by atoms with Crippen LogP contribution in [0.4, 0.5) is 0 Å². The first kappa shape index (κ1) is 21.6. The summed E-state index contributed by atoms with van der Waals surface area (Å²) < 4.78 is 0. The van der Waals surface area contributed by atoms with E-state index in [0.717, 1.165) is 23.7 Å². The van der Waals surface area contributed by atoms with Crippen molar-refractivity contribution < 1.29 is 0 Å². The molecule has 30 heavy (non-hydrogen) atoms. The number of allylic oxidation sites excluding steroid dienone is 2.